The first-order valence-corrected chi connectivity index (χ1v) is 6.91. The number of benzene rings is 1. The Kier molecular flexibility index (Phi) is 4.38. The first-order chi connectivity index (χ1) is 8.65. The minimum Gasteiger partial charge on any atom is -0.327 e. The predicted molar refractivity (Wildman–Crippen MR) is 74.6 cm³/mol. The van der Waals surface area contributed by atoms with Crippen LogP contribution in [0.25, 0.3) is 0 Å². The van der Waals surface area contributed by atoms with E-state index in [0.717, 1.165) is 18.0 Å². The van der Waals surface area contributed by atoms with E-state index in [1.165, 1.54) is 10.5 Å². The molecule has 1 atom stereocenters. The number of rotatable bonds is 5. The van der Waals surface area contributed by atoms with Crippen LogP contribution in [0.5, 0.6) is 0 Å². The number of hydrogen-bond acceptors (Lipinski definition) is 4. The third-order valence-electron chi connectivity index (χ3n) is 2.73. The first-order valence-electron chi connectivity index (χ1n) is 5.93. The molecule has 2 rings (SSSR count). The van der Waals surface area contributed by atoms with Crippen molar-refractivity contribution in [3.63, 3.8) is 0 Å². The van der Waals surface area contributed by atoms with E-state index in [1.807, 2.05) is 7.05 Å². The number of aryl methyl sites for hydroxylation is 2. The molecule has 0 bridgehead atoms. The van der Waals surface area contributed by atoms with Gasteiger partial charge in [0.25, 0.3) is 0 Å². The molecule has 0 spiro atoms. The van der Waals surface area contributed by atoms with E-state index in [-0.39, 0.29) is 6.04 Å². The fourth-order valence-corrected chi connectivity index (χ4v) is 2.49. The van der Waals surface area contributed by atoms with Gasteiger partial charge in [-0.25, -0.2) is 4.98 Å². The second-order valence-electron chi connectivity index (χ2n) is 4.39. The van der Waals surface area contributed by atoms with E-state index < -0.39 is 0 Å². The van der Waals surface area contributed by atoms with E-state index in [4.69, 9.17) is 5.73 Å². The van der Waals surface area contributed by atoms with Crippen LogP contribution in [-0.2, 0) is 13.5 Å². The summed E-state index contributed by atoms with van der Waals surface area (Å²) in [5, 5.41) is 4.04. The number of aromatic nitrogens is 3. The lowest BCUT2D eigenvalue weighted by atomic mass is 10.2. The summed E-state index contributed by atoms with van der Waals surface area (Å²) in [5.41, 5.74) is 7.39. The van der Waals surface area contributed by atoms with Gasteiger partial charge < -0.3 is 5.73 Å². The maximum absolute atomic E-state index is 6.11. The largest absolute Gasteiger partial charge is 0.327 e. The van der Waals surface area contributed by atoms with Gasteiger partial charge in [0.15, 0.2) is 0 Å². The van der Waals surface area contributed by atoms with Crippen LogP contribution in [-0.4, -0.2) is 26.6 Å². The lowest BCUT2D eigenvalue weighted by Gasteiger charge is -2.10. The molecule has 1 heterocycles. The first kappa shape index (κ1) is 13.1. The number of thioether (sulfide) groups is 1. The van der Waals surface area contributed by atoms with Crippen LogP contribution >= 0.6 is 11.8 Å². The third kappa shape index (κ3) is 3.58. The fraction of sp³-hybridized carbons (Fsp3) is 0.385. The molecule has 0 aliphatic rings. The highest BCUT2D eigenvalue weighted by molar-refractivity contribution is 7.99. The molecule has 0 aliphatic carbocycles. The van der Waals surface area contributed by atoms with Crippen molar-refractivity contribution in [2.24, 2.45) is 12.8 Å². The highest BCUT2D eigenvalue weighted by atomic mass is 32.2. The molecule has 5 heteroatoms. The van der Waals surface area contributed by atoms with E-state index in [1.54, 1.807) is 22.8 Å². The summed E-state index contributed by atoms with van der Waals surface area (Å²) in [5.74, 6) is 1.82. The average Bonchev–Trinajstić information content (AvgIpc) is 2.74. The van der Waals surface area contributed by atoms with Crippen molar-refractivity contribution in [2.45, 2.75) is 24.3 Å². The minimum atomic E-state index is 0.0965. The van der Waals surface area contributed by atoms with Crippen LogP contribution in [0.2, 0.25) is 0 Å². The normalized spacial score (nSPS) is 12.6. The molecule has 1 unspecified atom stereocenters. The Bertz CT molecular complexity index is 492. The van der Waals surface area contributed by atoms with Crippen LogP contribution in [0.4, 0.5) is 0 Å². The van der Waals surface area contributed by atoms with E-state index in [0.29, 0.717) is 0 Å². The molecular weight excluding hydrogens is 244 g/mol. The second kappa shape index (κ2) is 6.02. The molecular formula is C13H18N4S. The van der Waals surface area contributed by atoms with Gasteiger partial charge in [-0.05, 0) is 19.1 Å². The molecule has 0 saturated heterocycles. The summed E-state index contributed by atoms with van der Waals surface area (Å²) in [7, 11) is 1.89. The topological polar surface area (TPSA) is 56.7 Å². The quantitative estimate of drug-likeness (QED) is 0.835. The van der Waals surface area contributed by atoms with E-state index in [9.17, 15) is 0 Å². The summed E-state index contributed by atoms with van der Waals surface area (Å²) >= 11 is 1.78. The predicted octanol–water partition coefficient (Wildman–Crippen LogP) is 1.79. The molecule has 1 aromatic carbocycles. The highest BCUT2D eigenvalue weighted by Gasteiger charge is 2.08. The Labute approximate surface area is 112 Å². The average molecular weight is 262 g/mol. The summed E-state index contributed by atoms with van der Waals surface area (Å²) in [4.78, 5) is 5.44. The molecule has 0 saturated carbocycles. The van der Waals surface area contributed by atoms with Gasteiger partial charge in [-0.2, -0.15) is 5.10 Å². The van der Waals surface area contributed by atoms with E-state index >= 15 is 0 Å². The maximum atomic E-state index is 6.11. The van der Waals surface area contributed by atoms with Crippen molar-refractivity contribution in [3.05, 3.63) is 42.0 Å². The van der Waals surface area contributed by atoms with Crippen LogP contribution in [0.1, 0.15) is 11.4 Å². The smallest absolute Gasteiger partial charge is 0.138 e. The van der Waals surface area contributed by atoms with Crippen molar-refractivity contribution in [3.8, 4) is 0 Å². The number of nitrogens with zero attached hydrogens (tertiary/aromatic N) is 3. The van der Waals surface area contributed by atoms with Crippen LogP contribution in [0.15, 0.2) is 35.5 Å². The minimum absolute atomic E-state index is 0.0965. The van der Waals surface area contributed by atoms with Gasteiger partial charge in [-0.3, -0.25) is 4.68 Å². The monoisotopic (exact) mass is 262 g/mol. The summed E-state index contributed by atoms with van der Waals surface area (Å²) < 4.78 is 1.77. The number of nitrogens with two attached hydrogens (primary N) is 1. The van der Waals surface area contributed by atoms with Crippen molar-refractivity contribution in [2.75, 3.05) is 5.75 Å². The maximum Gasteiger partial charge on any atom is 0.138 e. The lowest BCUT2D eigenvalue weighted by Crippen LogP contribution is -2.27. The molecule has 4 nitrogen and oxygen atoms in total. The molecule has 0 radical (unpaired) electrons. The van der Waals surface area contributed by atoms with Crippen molar-refractivity contribution < 1.29 is 0 Å². The van der Waals surface area contributed by atoms with Crippen molar-refractivity contribution in [1.29, 1.82) is 0 Å². The van der Waals surface area contributed by atoms with Gasteiger partial charge in [0.05, 0.1) is 0 Å². The third-order valence-corrected chi connectivity index (χ3v) is 3.94. The zero-order valence-corrected chi connectivity index (χ0v) is 11.5. The molecule has 18 heavy (non-hydrogen) atoms. The van der Waals surface area contributed by atoms with Gasteiger partial charge in [0, 0.05) is 30.2 Å². The zero-order chi connectivity index (χ0) is 13.0. The Morgan fingerprint density at radius 3 is 2.67 bits per heavy atom. The Balaban J connectivity index is 1.83. The van der Waals surface area contributed by atoms with Gasteiger partial charge in [0.2, 0.25) is 0 Å². The fourth-order valence-electron chi connectivity index (χ4n) is 1.64. The summed E-state index contributed by atoms with van der Waals surface area (Å²) in [6.07, 6.45) is 2.32. The van der Waals surface area contributed by atoms with Crippen molar-refractivity contribution >= 4 is 11.8 Å². The molecule has 0 aliphatic heterocycles. The van der Waals surface area contributed by atoms with Crippen LogP contribution in [0, 0.1) is 6.92 Å². The lowest BCUT2D eigenvalue weighted by molar-refractivity contribution is 0.643. The highest BCUT2D eigenvalue weighted by Crippen LogP contribution is 2.19. The molecule has 0 amide bonds. The Morgan fingerprint density at radius 2 is 2.06 bits per heavy atom. The molecule has 1 aromatic heterocycles. The van der Waals surface area contributed by atoms with Gasteiger partial charge >= 0.3 is 0 Å². The van der Waals surface area contributed by atoms with Gasteiger partial charge in [-0.1, -0.05) is 17.7 Å². The Hall–Kier alpha value is -1.33. The van der Waals surface area contributed by atoms with Crippen LogP contribution < -0.4 is 5.73 Å². The zero-order valence-electron chi connectivity index (χ0n) is 10.7. The number of hydrogen-bond donors (Lipinski definition) is 1. The standard InChI is InChI=1S/C13H18N4S/c1-10-3-5-12(6-4-10)18-8-11(14)7-13-15-9-16-17(13)2/h3-6,9,11H,7-8,14H2,1-2H3. The van der Waals surface area contributed by atoms with E-state index in [2.05, 4.69) is 41.3 Å². The second-order valence-corrected chi connectivity index (χ2v) is 5.48. The molecule has 2 aromatic rings. The van der Waals surface area contributed by atoms with Crippen LogP contribution in [0.3, 0.4) is 0 Å². The molecule has 96 valence electrons. The SMILES string of the molecule is Cc1ccc(SCC(N)Cc2ncnn2C)cc1. The van der Waals surface area contributed by atoms with Gasteiger partial charge in [0.1, 0.15) is 12.2 Å². The summed E-state index contributed by atoms with van der Waals surface area (Å²) in [6.45, 7) is 2.09. The van der Waals surface area contributed by atoms with Gasteiger partial charge in [-0.15, -0.1) is 11.8 Å². The molecule has 2 N–H and O–H groups in total. The Morgan fingerprint density at radius 1 is 1.33 bits per heavy atom. The summed E-state index contributed by atoms with van der Waals surface area (Å²) in [6, 6.07) is 8.61. The molecule has 0 fully saturated rings. The van der Waals surface area contributed by atoms with Crippen molar-refractivity contribution in [1.82, 2.24) is 14.8 Å².